The average Bonchev–Trinajstić information content (AvgIpc) is 2.59. The van der Waals surface area contributed by atoms with Gasteiger partial charge in [0, 0.05) is 6.54 Å². The van der Waals surface area contributed by atoms with E-state index in [-0.39, 0.29) is 0 Å². The molecule has 2 rings (SSSR count). The van der Waals surface area contributed by atoms with Gasteiger partial charge in [-0.25, -0.2) is 4.98 Å². The monoisotopic (exact) mass is 192 g/mol. The quantitative estimate of drug-likeness (QED) is 0.793. The van der Waals surface area contributed by atoms with Gasteiger partial charge in [-0.2, -0.15) is 0 Å². The van der Waals surface area contributed by atoms with Crippen LogP contribution in [0.25, 0.3) is 10.2 Å². The molecule has 0 saturated heterocycles. The van der Waals surface area contributed by atoms with E-state index in [0.717, 1.165) is 16.9 Å². The zero-order valence-electron chi connectivity index (χ0n) is 7.58. The lowest BCUT2D eigenvalue weighted by Gasteiger charge is -1.95. The maximum absolute atomic E-state index is 5.55. The van der Waals surface area contributed by atoms with Crippen LogP contribution in [0.15, 0.2) is 18.2 Å². The summed E-state index contributed by atoms with van der Waals surface area (Å²) in [6.45, 7) is 2.69. The third-order valence-electron chi connectivity index (χ3n) is 2.10. The van der Waals surface area contributed by atoms with Gasteiger partial charge >= 0.3 is 0 Å². The zero-order valence-corrected chi connectivity index (χ0v) is 8.40. The molecule has 0 aliphatic rings. The third-order valence-corrected chi connectivity index (χ3v) is 3.15. The van der Waals surface area contributed by atoms with Crippen LogP contribution in [0.3, 0.4) is 0 Å². The molecular formula is C10H12N2S. The Morgan fingerprint density at radius 1 is 1.46 bits per heavy atom. The maximum atomic E-state index is 5.55. The lowest BCUT2D eigenvalue weighted by molar-refractivity contribution is 1.04. The number of thiazole rings is 1. The number of nitrogens with two attached hydrogens (primary N) is 1. The molecule has 0 radical (unpaired) electrons. The summed E-state index contributed by atoms with van der Waals surface area (Å²) in [5, 5.41) is 1.02. The molecule has 13 heavy (non-hydrogen) atoms. The number of benzene rings is 1. The molecule has 1 aromatic heterocycles. The molecular weight excluding hydrogens is 180 g/mol. The topological polar surface area (TPSA) is 38.9 Å². The Labute approximate surface area is 81.4 Å². The number of para-hydroxylation sites is 1. The van der Waals surface area contributed by atoms with Crippen LogP contribution in [-0.2, 0) is 13.0 Å². The predicted octanol–water partition coefficient (Wildman–Crippen LogP) is 2.32. The van der Waals surface area contributed by atoms with E-state index in [1.165, 1.54) is 10.3 Å². The molecule has 0 atom stereocenters. The number of fused-ring (bicyclic) bond motifs is 1. The number of aromatic nitrogens is 1. The van der Waals surface area contributed by atoms with Crippen molar-refractivity contribution < 1.29 is 0 Å². The molecule has 2 aromatic rings. The summed E-state index contributed by atoms with van der Waals surface area (Å²) in [6.07, 6.45) is 1.03. The predicted molar refractivity (Wildman–Crippen MR) is 56.9 cm³/mol. The van der Waals surface area contributed by atoms with Gasteiger partial charge in [0.15, 0.2) is 0 Å². The SMILES string of the molecule is CCc1cccc2sc(CN)nc12. The fourth-order valence-electron chi connectivity index (χ4n) is 1.42. The molecule has 0 aliphatic heterocycles. The Kier molecular flexibility index (Phi) is 2.29. The van der Waals surface area contributed by atoms with E-state index in [9.17, 15) is 0 Å². The highest BCUT2D eigenvalue weighted by molar-refractivity contribution is 7.18. The van der Waals surface area contributed by atoms with Crippen LogP contribution in [0, 0.1) is 0 Å². The highest BCUT2D eigenvalue weighted by Crippen LogP contribution is 2.24. The van der Waals surface area contributed by atoms with Gasteiger partial charge in [-0.1, -0.05) is 19.1 Å². The van der Waals surface area contributed by atoms with Crippen molar-refractivity contribution in [3.05, 3.63) is 28.8 Å². The highest BCUT2D eigenvalue weighted by atomic mass is 32.1. The second-order valence-electron chi connectivity index (χ2n) is 2.93. The van der Waals surface area contributed by atoms with Crippen molar-refractivity contribution in [1.82, 2.24) is 4.98 Å². The Bertz CT molecular complexity index is 420. The lowest BCUT2D eigenvalue weighted by Crippen LogP contribution is -1.94. The molecule has 0 bridgehead atoms. The van der Waals surface area contributed by atoms with E-state index in [1.54, 1.807) is 11.3 Å². The molecule has 2 nitrogen and oxygen atoms in total. The number of nitrogens with zero attached hydrogens (tertiary/aromatic N) is 1. The third kappa shape index (κ3) is 1.45. The number of rotatable bonds is 2. The molecule has 0 saturated carbocycles. The zero-order chi connectivity index (χ0) is 9.26. The first-order valence-electron chi connectivity index (χ1n) is 4.42. The van der Waals surface area contributed by atoms with Gasteiger partial charge < -0.3 is 5.73 Å². The van der Waals surface area contributed by atoms with E-state index in [4.69, 9.17) is 5.73 Å². The second-order valence-corrected chi connectivity index (χ2v) is 4.04. The van der Waals surface area contributed by atoms with Gasteiger partial charge in [0.25, 0.3) is 0 Å². The van der Waals surface area contributed by atoms with Crippen LogP contribution >= 0.6 is 11.3 Å². The van der Waals surface area contributed by atoms with Crippen LogP contribution in [0.2, 0.25) is 0 Å². The van der Waals surface area contributed by atoms with Crippen LogP contribution in [0.4, 0.5) is 0 Å². The van der Waals surface area contributed by atoms with Crippen molar-refractivity contribution in [2.75, 3.05) is 0 Å². The minimum Gasteiger partial charge on any atom is -0.325 e. The number of aryl methyl sites for hydroxylation is 1. The van der Waals surface area contributed by atoms with Crippen LogP contribution in [0.5, 0.6) is 0 Å². The smallest absolute Gasteiger partial charge is 0.107 e. The standard InChI is InChI=1S/C10H12N2S/c1-2-7-4-3-5-8-10(7)12-9(6-11)13-8/h3-5H,2,6,11H2,1H3. The average molecular weight is 192 g/mol. The van der Waals surface area contributed by atoms with Crippen molar-refractivity contribution in [2.45, 2.75) is 19.9 Å². The van der Waals surface area contributed by atoms with Crippen molar-refractivity contribution in [1.29, 1.82) is 0 Å². The molecule has 68 valence electrons. The lowest BCUT2D eigenvalue weighted by atomic mass is 10.1. The summed E-state index contributed by atoms with van der Waals surface area (Å²) in [6, 6.07) is 6.31. The molecule has 0 spiro atoms. The van der Waals surface area contributed by atoms with Gasteiger partial charge in [0.1, 0.15) is 5.01 Å². The normalized spacial score (nSPS) is 10.9. The molecule has 0 aliphatic carbocycles. The minimum atomic E-state index is 0.544. The molecule has 1 aromatic carbocycles. The maximum Gasteiger partial charge on any atom is 0.107 e. The fraction of sp³-hybridized carbons (Fsp3) is 0.300. The fourth-order valence-corrected chi connectivity index (χ4v) is 2.32. The van der Waals surface area contributed by atoms with Gasteiger partial charge in [-0.3, -0.25) is 0 Å². The van der Waals surface area contributed by atoms with E-state index >= 15 is 0 Å². The van der Waals surface area contributed by atoms with E-state index in [0.29, 0.717) is 6.54 Å². The Hall–Kier alpha value is -0.930. The minimum absolute atomic E-state index is 0.544. The Morgan fingerprint density at radius 2 is 2.31 bits per heavy atom. The molecule has 0 amide bonds. The van der Waals surface area contributed by atoms with Gasteiger partial charge in [-0.05, 0) is 18.1 Å². The summed E-state index contributed by atoms with van der Waals surface area (Å²) in [5.41, 5.74) is 8.00. The summed E-state index contributed by atoms with van der Waals surface area (Å²) in [5.74, 6) is 0. The second kappa shape index (κ2) is 3.44. The first-order chi connectivity index (χ1) is 6.35. The van der Waals surface area contributed by atoms with Crippen molar-refractivity contribution >= 4 is 21.6 Å². The van der Waals surface area contributed by atoms with E-state index < -0.39 is 0 Å². The largest absolute Gasteiger partial charge is 0.325 e. The molecule has 2 N–H and O–H groups in total. The summed E-state index contributed by atoms with van der Waals surface area (Å²) in [7, 11) is 0. The van der Waals surface area contributed by atoms with Crippen molar-refractivity contribution in [3.8, 4) is 0 Å². The first-order valence-corrected chi connectivity index (χ1v) is 5.24. The van der Waals surface area contributed by atoms with Gasteiger partial charge in [-0.15, -0.1) is 11.3 Å². The van der Waals surface area contributed by atoms with Gasteiger partial charge in [0.2, 0.25) is 0 Å². The summed E-state index contributed by atoms with van der Waals surface area (Å²) < 4.78 is 1.25. The summed E-state index contributed by atoms with van der Waals surface area (Å²) >= 11 is 1.69. The van der Waals surface area contributed by atoms with Crippen molar-refractivity contribution in [3.63, 3.8) is 0 Å². The van der Waals surface area contributed by atoms with Crippen LogP contribution in [0.1, 0.15) is 17.5 Å². The number of hydrogen-bond acceptors (Lipinski definition) is 3. The Morgan fingerprint density at radius 3 is 3.00 bits per heavy atom. The van der Waals surface area contributed by atoms with Crippen LogP contribution in [-0.4, -0.2) is 4.98 Å². The first kappa shape index (κ1) is 8.66. The van der Waals surface area contributed by atoms with Crippen molar-refractivity contribution in [2.24, 2.45) is 5.73 Å². The van der Waals surface area contributed by atoms with E-state index in [2.05, 4.69) is 30.1 Å². The molecule has 3 heteroatoms. The van der Waals surface area contributed by atoms with Crippen LogP contribution < -0.4 is 5.73 Å². The molecule has 0 fully saturated rings. The Balaban J connectivity index is 2.67. The highest BCUT2D eigenvalue weighted by Gasteiger charge is 2.04. The number of hydrogen-bond donors (Lipinski definition) is 1. The van der Waals surface area contributed by atoms with E-state index in [1.807, 2.05) is 0 Å². The molecule has 1 heterocycles. The summed E-state index contributed by atoms with van der Waals surface area (Å²) in [4.78, 5) is 4.50. The molecule has 0 unspecified atom stereocenters. The van der Waals surface area contributed by atoms with Gasteiger partial charge in [0.05, 0.1) is 10.2 Å².